The van der Waals surface area contributed by atoms with Crippen molar-refractivity contribution in [2.24, 2.45) is 0 Å². The van der Waals surface area contributed by atoms with Crippen LogP contribution < -0.4 is 4.90 Å². The summed E-state index contributed by atoms with van der Waals surface area (Å²) < 4.78 is 66.9. The molecule has 0 spiro atoms. The van der Waals surface area contributed by atoms with E-state index < -0.39 is 26.7 Å². The number of hydrogen-bond donors (Lipinski definition) is 0. The van der Waals surface area contributed by atoms with Crippen molar-refractivity contribution in [1.82, 2.24) is 4.31 Å². The molecule has 2 aromatic rings. The van der Waals surface area contributed by atoms with Gasteiger partial charge in [0.15, 0.2) is 0 Å². The molecule has 2 aromatic carbocycles. The van der Waals surface area contributed by atoms with Crippen LogP contribution in [0.25, 0.3) is 0 Å². The smallest absolute Gasteiger partial charge is 0.368 e. The maximum Gasteiger partial charge on any atom is 0.418 e. The van der Waals surface area contributed by atoms with Gasteiger partial charge in [-0.1, -0.05) is 6.07 Å². The number of sulfonamides is 1. The van der Waals surface area contributed by atoms with Crippen LogP contribution in [-0.4, -0.2) is 43.8 Å². The third-order valence-electron chi connectivity index (χ3n) is 4.68. The van der Waals surface area contributed by atoms with Gasteiger partial charge in [-0.3, -0.25) is 10.1 Å². The number of rotatable bonds is 4. The number of piperazine rings is 1. The summed E-state index contributed by atoms with van der Waals surface area (Å²) in [7, 11) is -4.04. The maximum atomic E-state index is 13.4. The predicted octanol–water partition coefficient (Wildman–Crippen LogP) is 3.00. The lowest BCUT2D eigenvalue weighted by atomic mass is 10.1. The summed E-state index contributed by atoms with van der Waals surface area (Å²) in [5, 5.41) is 19.8. The first-order chi connectivity index (χ1) is 14.0. The molecule has 0 radical (unpaired) electrons. The van der Waals surface area contributed by atoms with Crippen molar-refractivity contribution in [2.75, 3.05) is 31.1 Å². The molecule has 0 N–H and O–H groups in total. The number of benzene rings is 2. The minimum atomic E-state index is -4.67. The van der Waals surface area contributed by atoms with E-state index in [4.69, 9.17) is 5.26 Å². The van der Waals surface area contributed by atoms with E-state index in [9.17, 15) is 31.7 Å². The molecule has 0 amide bonds. The Morgan fingerprint density at radius 3 is 2.30 bits per heavy atom. The second-order valence-corrected chi connectivity index (χ2v) is 8.43. The van der Waals surface area contributed by atoms with Gasteiger partial charge in [-0.05, 0) is 24.3 Å². The van der Waals surface area contributed by atoms with Gasteiger partial charge in [0.25, 0.3) is 5.69 Å². The molecule has 1 aliphatic heterocycles. The number of nitro groups is 1. The van der Waals surface area contributed by atoms with Gasteiger partial charge in [-0.15, -0.1) is 0 Å². The number of nitriles is 1. The highest BCUT2D eigenvalue weighted by Crippen LogP contribution is 2.37. The molecule has 0 bridgehead atoms. The van der Waals surface area contributed by atoms with Crippen LogP contribution in [0.4, 0.5) is 24.5 Å². The maximum absolute atomic E-state index is 13.4. The van der Waals surface area contributed by atoms with Gasteiger partial charge in [0.05, 0.1) is 27.0 Å². The predicted molar refractivity (Wildman–Crippen MR) is 100 cm³/mol. The third-order valence-corrected chi connectivity index (χ3v) is 6.57. The van der Waals surface area contributed by atoms with E-state index in [1.54, 1.807) is 6.07 Å². The Balaban J connectivity index is 1.82. The molecule has 1 heterocycles. The second kappa shape index (κ2) is 7.92. The Morgan fingerprint density at radius 2 is 1.73 bits per heavy atom. The van der Waals surface area contributed by atoms with Crippen molar-refractivity contribution in [2.45, 2.75) is 11.1 Å². The molecule has 3 rings (SSSR count). The third kappa shape index (κ3) is 4.22. The Morgan fingerprint density at radius 1 is 1.07 bits per heavy atom. The molecule has 1 saturated heterocycles. The van der Waals surface area contributed by atoms with E-state index >= 15 is 0 Å². The molecule has 0 aliphatic carbocycles. The minimum Gasteiger partial charge on any atom is -0.368 e. The fraction of sp³-hybridized carbons (Fsp3) is 0.278. The molecule has 0 unspecified atom stereocenters. The number of nitro benzene ring substituents is 1. The quantitative estimate of drug-likeness (QED) is 0.534. The fourth-order valence-electron chi connectivity index (χ4n) is 3.18. The highest BCUT2D eigenvalue weighted by molar-refractivity contribution is 7.89. The standard InChI is InChI=1S/C18H15F3N4O4S/c19-18(20,21)16-10-13(12-22)4-5-17(16)23-6-8-24(9-7-23)30(28,29)15-3-1-2-14(11-15)25(26)27/h1-5,10-11H,6-9H2. The Hall–Kier alpha value is -3.17. The fourth-order valence-corrected chi connectivity index (χ4v) is 4.65. The van der Waals surface area contributed by atoms with Crippen LogP contribution in [0.1, 0.15) is 11.1 Å². The zero-order chi connectivity index (χ0) is 22.1. The summed E-state index contributed by atoms with van der Waals surface area (Å²) in [4.78, 5) is 11.3. The van der Waals surface area contributed by atoms with E-state index in [0.29, 0.717) is 0 Å². The van der Waals surface area contributed by atoms with E-state index in [1.165, 1.54) is 35.2 Å². The van der Waals surface area contributed by atoms with Gasteiger partial charge in [-0.2, -0.15) is 22.7 Å². The lowest BCUT2D eigenvalue weighted by molar-refractivity contribution is -0.385. The highest BCUT2D eigenvalue weighted by atomic mass is 32.2. The van der Waals surface area contributed by atoms with Crippen LogP contribution in [0.15, 0.2) is 47.4 Å². The average molecular weight is 440 g/mol. The first-order valence-corrected chi connectivity index (χ1v) is 10.1. The normalized spacial score (nSPS) is 15.6. The zero-order valence-electron chi connectivity index (χ0n) is 15.3. The summed E-state index contributed by atoms with van der Waals surface area (Å²) in [5.41, 5.74) is -1.59. The average Bonchev–Trinajstić information content (AvgIpc) is 2.73. The molecular formula is C18H15F3N4O4S. The van der Waals surface area contributed by atoms with Gasteiger partial charge in [0, 0.05) is 44.0 Å². The summed E-state index contributed by atoms with van der Waals surface area (Å²) in [5.74, 6) is 0. The summed E-state index contributed by atoms with van der Waals surface area (Å²) in [6.45, 7) is -0.211. The molecule has 30 heavy (non-hydrogen) atoms. The number of halogens is 3. The first-order valence-electron chi connectivity index (χ1n) is 8.65. The molecule has 158 valence electrons. The second-order valence-electron chi connectivity index (χ2n) is 6.49. The molecule has 8 nitrogen and oxygen atoms in total. The first kappa shape index (κ1) is 21.5. The molecule has 0 atom stereocenters. The monoisotopic (exact) mass is 440 g/mol. The largest absolute Gasteiger partial charge is 0.418 e. The van der Waals surface area contributed by atoms with Gasteiger partial charge in [-0.25, -0.2) is 8.42 Å². The Bertz CT molecular complexity index is 1120. The van der Waals surface area contributed by atoms with Crippen molar-refractivity contribution in [3.8, 4) is 6.07 Å². The SMILES string of the molecule is N#Cc1ccc(N2CCN(S(=O)(=O)c3cccc([N+](=O)[O-])c3)CC2)c(C(F)(F)F)c1. The molecule has 1 fully saturated rings. The molecule has 1 aliphatic rings. The van der Waals surface area contributed by atoms with E-state index in [-0.39, 0.29) is 48.0 Å². The van der Waals surface area contributed by atoms with Crippen molar-refractivity contribution in [3.05, 3.63) is 63.7 Å². The lowest BCUT2D eigenvalue weighted by Crippen LogP contribution is -2.49. The van der Waals surface area contributed by atoms with Crippen LogP contribution in [0.3, 0.4) is 0 Å². The van der Waals surface area contributed by atoms with Crippen LogP contribution in [-0.2, 0) is 16.2 Å². The van der Waals surface area contributed by atoms with E-state index in [1.807, 2.05) is 0 Å². The van der Waals surface area contributed by atoms with E-state index in [2.05, 4.69) is 0 Å². The number of non-ortho nitro benzene ring substituents is 1. The topological polar surface area (TPSA) is 108 Å². The Kier molecular flexibility index (Phi) is 5.69. The molecular weight excluding hydrogens is 425 g/mol. The van der Waals surface area contributed by atoms with Gasteiger partial charge < -0.3 is 4.90 Å². The number of anilines is 1. The minimum absolute atomic E-state index is 0.0108. The molecule has 0 aromatic heterocycles. The number of alkyl halides is 3. The van der Waals surface area contributed by atoms with Crippen molar-refractivity contribution in [3.63, 3.8) is 0 Å². The van der Waals surface area contributed by atoms with Crippen molar-refractivity contribution in [1.29, 1.82) is 5.26 Å². The van der Waals surface area contributed by atoms with Gasteiger partial charge >= 0.3 is 6.18 Å². The lowest BCUT2D eigenvalue weighted by Gasteiger charge is -2.36. The van der Waals surface area contributed by atoms with Crippen LogP contribution in [0.5, 0.6) is 0 Å². The molecule has 12 heteroatoms. The van der Waals surface area contributed by atoms with Crippen molar-refractivity contribution < 1.29 is 26.5 Å². The Labute approximate surface area is 169 Å². The van der Waals surface area contributed by atoms with Crippen LogP contribution >= 0.6 is 0 Å². The number of hydrogen-bond acceptors (Lipinski definition) is 6. The molecule has 0 saturated carbocycles. The van der Waals surface area contributed by atoms with E-state index in [0.717, 1.165) is 16.4 Å². The summed E-state index contributed by atoms with van der Waals surface area (Å²) >= 11 is 0. The highest BCUT2D eigenvalue weighted by Gasteiger charge is 2.37. The summed E-state index contributed by atoms with van der Waals surface area (Å²) in [6.07, 6.45) is -4.67. The van der Waals surface area contributed by atoms with Gasteiger partial charge in [0.1, 0.15) is 0 Å². The van der Waals surface area contributed by atoms with Crippen LogP contribution in [0.2, 0.25) is 0 Å². The van der Waals surface area contributed by atoms with Crippen molar-refractivity contribution >= 4 is 21.4 Å². The van der Waals surface area contributed by atoms with Gasteiger partial charge in [0.2, 0.25) is 10.0 Å². The zero-order valence-corrected chi connectivity index (χ0v) is 16.2. The van der Waals surface area contributed by atoms with Crippen LogP contribution in [0, 0.1) is 21.4 Å². The number of nitrogens with zero attached hydrogens (tertiary/aromatic N) is 4. The summed E-state index contributed by atoms with van der Waals surface area (Å²) in [6, 6.07) is 9.52.